The largest absolute Gasteiger partial charge is 0.503 e. The van der Waals surface area contributed by atoms with E-state index >= 15 is 0 Å². The molecule has 0 amide bonds. The molecule has 116 valence electrons. The number of hydrogen-bond donors (Lipinski definition) is 1. The van der Waals surface area contributed by atoms with Crippen LogP contribution < -0.4 is 0 Å². The molecule has 0 fully saturated rings. The molecule has 5 nitrogen and oxygen atoms in total. The molecule has 20 heavy (non-hydrogen) atoms. The Morgan fingerprint density at radius 3 is 1.80 bits per heavy atom. The second-order valence-electron chi connectivity index (χ2n) is 3.44. The van der Waals surface area contributed by atoms with Crippen LogP contribution in [0.4, 0.5) is 13.2 Å². The van der Waals surface area contributed by atoms with Gasteiger partial charge in [0.05, 0.1) is 7.11 Å². The number of methoxy groups -OCH3 is 1. The summed E-state index contributed by atoms with van der Waals surface area (Å²) in [4.78, 5) is 12.8. The van der Waals surface area contributed by atoms with Crippen LogP contribution in [0.3, 0.4) is 0 Å². The van der Waals surface area contributed by atoms with Crippen molar-refractivity contribution in [2.75, 3.05) is 26.7 Å². The average Bonchev–Trinajstić information content (AvgIpc) is 2.40. The molecule has 0 aliphatic carbocycles. The highest BCUT2D eigenvalue weighted by Gasteiger charge is 2.39. The number of nitrogens with zero attached hydrogens (tertiary/aromatic N) is 2. The first kappa shape index (κ1) is 20.6. The summed E-state index contributed by atoms with van der Waals surface area (Å²) >= 11 is 0. The normalized spacial score (nSPS) is 11.9. The summed E-state index contributed by atoms with van der Waals surface area (Å²) in [5.74, 6) is -3.78. The highest BCUT2D eigenvalue weighted by atomic mass is 19.4. The van der Waals surface area contributed by atoms with Crippen molar-refractivity contribution in [1.29, 1.82) is 5.26 Å². The quantitative estimate of drug-likeness (QED) is 0.373. The second kappa shape index (κ2) is 10.1. The molecule has 0 heterocycles. The Bertz CT molecular complexity index is 364. The Morgan fingerprint density at radius 2 is 1.65 bits per heavy atom. The molecule has 0 unspecified atom stereocenters. The lowest BCUT2D eigenvalue weighted by Crippen LogP contribution is -2.21. The van der Waals surface area contributed by atoms with Crippen molar-refractivity contribution in [2.45, 2.75) is 26.9 Å². The Kier molecular flexibility index (Phi) is 10.4. The van der Waals surface area contributed by atoms with Crippen molar-refractivity contribution >= 4 is 5.97 Å². The number of esters is 1. The van der Waals surface area contributed by atoms with E-state index in [0.717, 1.165) is 13.2 Å². The minimum atomic E-state index is -5.13. The molecule has 0 rings (SSSR count). The minimum absolute atomic E-state index is 0.795. The van der Waals surface area contributed by atoms with Gasteiger partial charge < -0.3 is 14.7 Å². The summed E-state index contributed by atoms with van der Waals surface area (Å²) in [7, 11) is 0.795. The number of aliphatic hydroxyl groups excluding tert-OH is 1. The zero-order valence-corrected chi connectivity index (χ0v) is 11.9. The number of carbonyl (C=O) groups is 1. The molecule has 0 bridgehead atoms. The van der Waals surface area contributed by atoms with Gasteiger partial charge in [-0.25, -0.2) is 4.79 Å². The summed E-state index contributed by atoms with van der Waals surface area (Å²) in [5, 5.41) is 16.5. The predicted molar refractivity (Wildman–Crippen MR) is 66.8 cm³/mol. The minimum Gasteiger partial charge on any atom is -0.503 e. The molecule has 0 aromatic carbocycles. The van der Waals surface area contributed by atoms with Gasteiger partial charge in [0.15, 0.2) is 5.57 Å². The van der Waals surface area contributed by atoms with E-state index in [9.17, 15) is 18.0 Å². The third kappa shape index (κ3) is 7.63. The highest BCUT2D eigenvalue weighted by molar-refractivity contribution is 5.93. The number of halogens is 3. The summed E-state index contributed by atoms with van der Waals surface area (Å²) in [5.41, 5.74) is -1.46. The second-order valence-corrected chi connectivity index (χ2v) is 3.44. The molecule has 0 aliphatic heterocycles. The van der Waals surface area contributed by atoms with E-state index in [2.05, 4.69) is 30.4 Å². The standard InChI is InChI=1S/C6H4F3NO3.C6H15N/c1-13-5(12)3(2-10)4(11)6(7,8)9;1-4-7(5-2)6-3/h11H,1H3;4-6H2,1-3H3. The van der Waals surface area contributed by atoms with Crippen molar-refractivity contribution in [2.24, 2.45) is 0 Å². The van der Waals surface area contributed by atoms with Crippen LogP contribution in [0.1, 0.15) is 20.8 Å². The fourth-order valence-corrected chi connectivity index (χ4v) is 1.11. The molecule has 0 saturated heterocycles. The van der Waals surface area contributed by atoms with Crippen LogP contribution in [0.5, 0.6) is 0 Å². The summed E-state index contributed by atoms with van der Waals surface area (Å²) < 4.78 is 39.0. The Hall–Kier alpha value is -1.75. The molecule has 0 spiro atoms. The number of ether oxygens (including phenoxy) is 1. The van der Waals surface area contributed by atoms with Crippen molar-refractivity contribution in [1.82, 2.24) is 4.90 Å². The first-order valence-electron chi connectivity index (χ1n) is 5.90. The van der Waals surface area contributed by atoms with Gasteiger partial charge in [-0.1, -0.05) is 20.8 Å². The van der Waals surface area contributed by atoms with Crippen LogP contribution >= 0.6 is 0 Å². The molecule has 0 atom stereocenters. The number of hydrogen-bond acceptors (Lipinski definition) is 5. The molecule has 0 aromatic rings. The van der Waals surface area contributed by atoms with Gasteiger partial charge in [0.1, 0.15) is 6.07 Å². The topological polar surface area (TPSA) is 73.6 Å². The van der Waals surface area contributed by atoms with Crippen molar-refractivity contribution in [3.05, 3.63) is 11.3 Å². The number of carbonyl (C=O) groups excluding carboxylic acids is 1. The van der Waals surface area contributed by atoms with Crippen LogP contribution in [0, 0.1) is 11.3 Å². The van der Waals surface area contributed by atoms with Crippen molar-refractivity contribution in [3.8, 4) is 6.07 Å². The van der Waals surface area contributed by atoms with E-state index in [1.165, 1.54) is 19.6 Å². The third-order valence-electron chi connectivity index (χ3n) is 2.35. The summed E-state index contributed by atoms with van der Waals surface area (Å²) in [6.07, 6.45) is -5.13. The van der Waals surface area contributed by atoms with E-state index in [0.29, 0.717) is 0 Å². The molecular weight excluding hydrogens is 277 g/mol. The molecule has 8 heteroatoms. The lowest BCUT2D eigenvalue weighted by atomic mass is 10.2. The maximum Gasteiger partial charge on any atom is 0.450 e. The van der Waals surface area contributed by atoms with E-state index in [1.54, 1.807) is 0 Å². The maximum atomic E-state index is 11.7. The Labute approximate surface area is 116 Å². The first-order chi connectivity index (χ1) is 9.19. The van der Waals surface area contributed by atoms with E-state index in [-0.39, 0.29) is 0 Å². The van der Waals surface area contributed by atoms with Crippen LogP contribution in [0.2, 0.25) is 0 Å². The molecule has 1 N–H and O–H groups in total. The van der Waals surface area contributed by atoms with Crippen LogP contribution in [-0.4, -0.2) is 48.9 Å². The van der Waals surface area contributed by atoms with Gasteiger partial charge in [0.2, 0.25) is 5.76 Å². The van der Waals surface area contributed by atoms with E-state index in [1.807, 2.05) is 0 Å². The van der Waals surface area contributed by atoms with Crippen molar-refractivity contribution < 1.29 is 27.8 Å². The molecule has 0 aromatic heterocycles. The van der Waals surface area contributed by atoms with Gasteiger partial charge >= 0.3 is 12.1 Å². The SMILES string of the molecule is CCN(CC)CC.COC(=O)C(C#N)=C(O)C(F)(F)F. The lowest BCUT2D eigenvalue weighted by molar-refractivity contribution is -0.140. The van der Waals surface area contributed by atoms with E-state index in [4.69, 9.17) is 10.4 Å². The van der Waals surface area contributed by atoms with Crippen LogP contribution in [-0.2, 0) is 9.53 Å². The van der Waals surface area contributed by atoms with Gasteiger partial charge in [-0.2, -0.15) is 18.4 Å². The third-order valence-corrected chi connectivity index (χ3v) is 2.35. The fraction of sp³-hybridized carbons (Fsp3) is 0.667. The van der Waals surface area contributed by atoms with Crippen molar-refractivity contribution in [3.63, 3.8) is 0 Å². The number of aliphatic hydroxyl groups is 1. The highest BCUT2D eigenvalue weighted by Crippen LogP contribution is 2.25. The van der Waals surface area contributed by atoms with Gasteiger partial charge in [-0.05, 0) is 19.6 Å². The van der Waals surface area contributed by atoms with Gasteiger partial charge in [-0.3, -0.25) is 0 Å². The zero-order chi connectivity index (χ0) is 16.3. The number of rotatable bonds is 4. The van der Waals surface area contributed by atoms with Gasteiger partial charge in [0.25, 0.3) is 0 Å². The molecular formula is C12H19F3N2O3. The maximum absolute atomic E-state index is 11.7. The Balaban J connectivity index is 0. The van der Waals surface area contributed by atoms with E-state index < -0.39 is 23.5 Å². The smallest absolute Gasteiger partial charge is 0.450 e. The number of nitriles is 1. The number of alkyl halides is 3. The zero-order valence-electron chi connectivity index (χ0n) is 11.9. The monoisotopic (exact) mass is 296 g/mol. The van der Waals surface area contributed by atoms with Crippen LogP contribution in [0.25, 0.3) is 0 Å². The Morgan fingerprint density at radius 1 is 1.25 bits per heavy atom. The number of allylic oxidation sites excluding steroid dienone is 1. The van der Waals surface area contributed by atoms with Gasteiger partial charge in [0, 0.05) is 0 Å². The van der Waals surface area contributed by atoms with Gasteiger partial charge in [-0.15, -0.1) is 0 Å². The lowest BCUT2D eigenvalue weighted by Gasteiger charge is -2.13. The average molecular weight is 296 g/mol. The molecule has 0 radical (unpaired) electrons. The van der Waals surface area contributed by atoms with Crippen LogP contribution in [0.15, 0.2) is 11.3 Å². The molecule has 0 saturated carbocycles. The summed E-state index contributed by atoms with van der Waals surface area (Å²) in [6, 6.07) is 0.894. The first-order valence-corrected chi connectivity index (χ1v) is 5.90. The predicted octanol–water partition coefficient (Wildman–Crippen LogP) is 2.41. The fourth-order valence-electron chi connectivity index (χ4n) is 1.11. The summed E-state index contributed by atoms with van der Waals surface area (Å²) in [6.45, 7) is 10.1. The molecule has 0 aliphatic rings.